The van der Waals surface area contributed by atoms with E-state index in [1.807, 2.05) is 7.05 Å². The highest BCUT2D eigenvalue weighted by Gasteiger charge is 2.44. The molecule has 1 unspecified atom stereocenters. The predicted molar refractivity (Wildman–Crippen MR) is 167 cm³/mol. The Kier molecular flexibility index (Phi) is 8.90. The summed E-state index contributed by atoms with van der Waals surface area (Å²) in [5.41, 5.74) is 12.4. The number of benzene rings is 2. The molecule has 0 fully saturated rings. The second kappa shape index (κ2) is 11.5. The van der Waals surface area contributed by atoms with E-state index < -0.39 is 0 Å². The van der Waals surface area contributed by atoms with Gasteiger partial charge in [-0.3, -0.25) is 0 Å². The van der Waals surface area contributed by atoms with Crippen molar-refractivity contribution in [3.05, 3.63) is 108 Å². The highest BCUT2D eigenvalue weighted by atomic mass is 14.8. The smallest absolute Gasteiger partial charge is 0.0417 e. The van der Waals surface area contributed by atoms with Gasteiger partial charge in [0, 0.05) is 23.7 Å². The monoisotopic (exact) mass is 493 g/mol. The zero-order chi connectivity index (χ0) is 27.4. The molecule has 1 aliphatic rings. The van der Waals surface area contributed by atoms with Crippen LogP contribution in [0.2, 0.25) is 0 Å². The maximum absolute atomic E-state index is 4.51. The lowest BCUT2D eigenvalue weighted by molar-refractivity contribution is 0.260. The molecule has 37 heavy (non-hydrogen) atoms. The van der Waals surface area contributed by atoms with Crippen LogP contribution in [0.4, 0.5) is 5.69 Å². The second-order valence-corrected chi connectivity index (χ2v) is 11.3. The molecule has 2 aromatic rings. The summed E-state index contributed by atoms with van der Waals surface area (Å²) >= 11 is 0. The van der Waals surface area contributed by atoms with E-state index >= 15 is 0 Å². The van der Waals surface area contributed by atoms with Crippen molar-refractivity contribution in [3.8, 4) is 0 Å². The SMILES string of the molecule is C=C(CCC1(CC)CC=C(c2ccc(C(=C)C)cc2)C(C)(C)/C1=C/CC)C(=C)c1cc(C)ccc1NC. The van der Waals surface area contributed by atoms with Crippen LogP contribution in [-0.2, 0) is 0 Å². The molecule has 0 heterocycles. The summed E-state index contributed by atoms with van der Waals surface area (Å²) < 4.78 is 0. The first-order valence-electron chi connectivity index (χ1n) is 13.8. The Morgan fingerprint density at radius 3 is 2.27 bits per heavy atom. The van der Waals surface area contributed by atoms with Gasteiger partial charge in [0.05, 0.1) is 0 Å². The largest absolute Gasteiger partial charge is 0.388 e. The molecule has 1 N–H and O–H groups in total. The van der Waals surface area contributed by atoms with Crippen molar-refractivity contribution in [2.24, 2.45) is 10.8 Å². The minimum atomic E-state index is -0.0385. The number of rotatable bonds is 10. The Labute approximate surface area is 226 Å². The van der Waals surface area contributed by atoms with Gasteiger partial charge in [-0.25, -0.2) is 0 Å². The van der Waals surface area contributed by atoms with Crippen LogP contribution in [-0.4, -0.2) is 7.05 Å². The van der Waals surface area contributed by atoms with Gasteiger partial charge in [0.2, 0.25) is 0 Å². The summed E-state index contributed by atoms with van der Waals surface area (Å²) in [5.74, 6) is 0. The first kappa shape index (κ1) is 28.5. The lowest BCUT2D eigenvalue weighted by Gasteiger charge is -2.48. The number of anilines is 1. The normalized spacial score (nSPS) is 19.9. The Bertz CT molecular complexity index is 1230. The fourth-order valence-corrected chi connectivity index (χ4v) is 6.16. The maximum atomic E-state index is 4.51. The summed E-state index contributed by atoms with van der Waals surface area (Å²) in [6.07, 6.45) is 10.3. The molecule has 1 atom stereocenters. The van der Waals surface area contributed by atoms with Gasteiger partial charge in [-0.1, -0.05) is 107 Å². The van der Waals surface area contributed by atoms with Crippen LogP contribution in [0.25, 0.3) is 16.7 Å². The van der Waals surface area contributed by atoms with Crippen molar-refractivity contribution >= 4 is 22.4 Å². The standard InChI is InChI=1S/C36H47N/c1-11-13-34-35(8,9)32(30-17-15-29(16-18-30)25(3)4)21-23-36(34,12-2)22-20-27(6)28(7)31-24-26(5)14-19-33(31)37-10/h13-19,21,24,37H,3,6-7,11-12,20,22-23H2,1-2,4-5,8-10H3/b34-13-. The average molecular weight is 494 g/mol. The summed E-state index contributed by atoms with van der Waals surface area (Å²) in [7, 11) is 1.97. The fraction of sp³-hybridized carbons (Fsp3) is 0.389. The zero-order valence-corrected chi connectivity index (χ0v) is 24.4. The molecule has 196 valence electrons. The van der Waals surface area contributed by atoms with E-state index in [1.165, 1.54) is 22.3 Å². The van der Waals surface area contributed by atoms with Gasteiger partial charge < -0.3 is 5.32 Å². The highest BCUT2D eigenvalue weighted by molar-refractivity contribution is 5.84. The van der Waals surface area contributed by atoms with E-state index in [0.29, 0.717) is 0 Å². The van der Waals surface area contributed by atoms with Crippen molar-refractivity contribution < 1.29 is 0 Å². The third-order valence-corrected chi connectivity index (χ3v) is 8.49. The van der Waals surface area contributed by atoms with Gasteiger partial charge in [-0.15, -0.1) is 0 Å². The molecule has 1 heteroatoms. The molecule has 1 aliphatic carbocycles. The molecule has 2 aromatic carbocycles. The van der Waals surface area contributed by atoms with Crippen molar-refractivity contribution in [2.75, 3.05) is 12.4 Å². The number of nitrogens with one attached hydrogen (secondary N) is 1. The Hall–Kier alpha value is -3.06. The molecule has 0 amide bonds. The molecule has 0 saturated heterocycles. The van der Waals surface area contributed by atoms with Gasteiger partial charge in [0.1, 0.15) is 0 Å². The summed E-state index contributed by atoms with van der Waals surface area (Å²) in [6.45, 7) is 26.7. The lowest BCUT2D eigenvalue weighted by atomic mass is 9.56. The fourth-order valence-electron chi connectivity index (χ4n) is 6.16. The van der Waals surface area contributed by atoms with Crippen LogP contribution >= 0.6 is 0 Å². The van der Waals surface area contributed by atoms with Gasteiger partial charge in [0.25, 0.3) is 0 Å². The Morgan fingerprint density at radius 1 is 1.03 bits per heavy atom. The van der Waals surface area contributed by atoms with E-state index in [4.69, 9.17) is 0 Å². The van der Waals surface area contributed by atoms with Gasteiger partial charge in [-0.05, 0) is 91.3 Å². The minimum Gasteiger partial charge on any atom is -0.388 e. The molecular weight excluding hydrogens is 446 g/mol. The quantitative estimate of drug-likeness (QED) is 0.256. The van der Waals surface area contributed by atoms with Crippen molar-refractivity contribution in [2.45, 2.75) is 73.6 Å². The maximum Gasteiger partial charge on any atom is 0.0417 e. The molecule has 3 rings (SSSR count). The van der Waals surface area contributed by atoms with Crippen molar-refractivity contribution in [3.63, 3.8) is 0 Å². The van der Waals surface area contributed by atoms with E-state index in [0.717, 1.165) is 60.1 Å². The Balaban J connectivity index is 1.92. The highest BCUT2D eigenvalue weighted by Crippen LogP contribution is 2.58. The molecule has 0 aliphatic heterocycles. The van der Waals surface area contributed by atoms with E-state index in [2.05, 4.69) is 121 Å². The number of aryl methyl sites for hydroxylation is 1. The van der Waals surface area contributed by atoms with E-state index in [-0.39, 0.29) is 10.8 Å². The lowest BCUT2D eigenvalue weighted by Crippen LogP contribution is -2.36. The molecule has 1 nitrogen and oxygen atoms in total. The summed E-state index contributed by atoms with van der Waals surface area (Å²) in [6, 6.07) is 15.5. The van der Waals surface area contributed by atoms with Crippen LogP contribution in [0.3, 0.4) is 0 Å². The third-order valence-electron chi connectivity index (χ3n) is 8.49. The first-order valence-corrected chi connectivity index (χ1v) is 13.8. The molecule has 0 radical (unpaired) electrons. The van der Waals surface area contributed by atoms with Crippen LogP contribution in [0.15, 0.2) is 85.5 Å². The zero-order valence-electron chi connectivity index (χ0n) is 24.4. The van der Waals surface area contributed by atoms with Crippen molar-refractivity contribution in [1.29, 1.82) is 0 Å². The predicted octanol–water partition coefficient (Wildman–Crippen LogP) is 10.7. The van der Waals surface area contributed by atoms with Crippen LogP contribution in [0.1, 0.15) is 89.0 Å². The minimum absolute atomic E-state index is 0.0385. The van der Waals surface area contributed by atoms with Crippen LogP contribution < -0.4 is 5.32 Å². The summed E-state index contributed by atoms with van der Waals surface area (Å²) in [5, 5.41) is 3.32. The van der Waals surface area contributed by atoms with Crippen LogP contribution in [0.5, 0.6) is 0 Å². The third kappa shape index (κ3) is 5.77. The number of allylic oxidation sites excluding steroid dienone is 7. The first-order chi connectivity index (χ1) is 17.5. The van der Waals surface area contributed by atoms with E-state index in [1.54, 1.807) is 5.57 Å². The van der Waals surface area contributed by atoms with Crippen molar-refractivity contribution in [1.82, 2.24) is 0 Å². The molecule has 0 saturated carbocycles. The number of hydrogen-bond acceptors (Lipinski definition) is 1. The van der Waals surface area contributed by atoms with Gasteiger partial charge in [0.15, 0.2) is 0 Å². The topological polar surface area (TPSA) is 12.0 Å². The molecule has 0 spiro atoms. The molecule has 0 bridgehead atoms. The van der Waals surface area contributed by atoms with Crippen LogP contribution in [0, 0.1) is 17.8 Å². The summed E-state index contributed by atoms with van der Waals surface area (Å²) in [4.78, 5) is 0. The second-order valence-electron chi connectivity index (χ2n) is 11.3. The van der Waals surface area contributed by atoms with E-state index in [9.17, 15) is 0 Å². The molecule has 0 aromatic heterocycles. The average Bonchev–Trinajstić information content (AvgIpc) is 2.88. The Morgan fingerprint density at radius 2 is 1.70 bits per heavy atom. The molecular formula is C36H47N. The van der Waals surface area contributed by atoms with Gasteiger partial charge in [-0.2, -0.15) is 0 Å². The van der Waals surface area contributed by atoms with Gasteiger partial charge >= 0.3 is 0 Å². The number of hydrogen-bond donors (Lipinski definition) is 1.